The van der Waals surface area contributed by atoms with Crippen molar-refractivity contribution in [3.63, 3.8) is 0 Å². The van der Waals surface area contributed by atoms with Crippen LogP contribution in [0.25, 0.3) is 0 Å². The highest BCUT2D eigenvalue weighted by molar-refractivity contribution is 7.80. The summed E-state index contributed by atoms with van der Waals surface area (Å²) in [5.74, 6) is 1.03. The van der Waals surface area contributed by atoms with Gasteiger partial charge in [-0.1, -0.05) is 30.5 Å². The van der Waals surface area contributed by atoms with Crippen molar-refractivity contribution in [2.24, 2.45) is 0 Å². The molecule has 112 valence electrons. The van der Waals surface area contributed by atoms with Crippen LogP contribution in [0.4, 0.5) is 5.69 Å². The lowest BCUT2D eigenvalue weighted by Gasteiger charge is -2.36. The average Bonchev–Trinajstić information content (AvgIpc) is 2.48. The number of rotatable bonds is 7. The van der Waals surface area contributed by atoms with Gasteiger partial charge in [-0.05, 0) is 43.3 Å². The third-order valence-electron chi connectivity index (χ3n) is 3.93. The fourth-order valence-electron chi connectivity index (χ4n) is 2.70. The molecule has 1 aliphatic rings. The minimum Gasteiger partial charge on any atom is -0.369 e. The van der Waals surface area contributed by atoms with Crippen molar-refractivity contribution in [2.45, 2.75) is 25.7 Å². The number of nitrogens with zero attached hydrogens (tertiary/aromatic N) is 2. The van der Waals surface area contributed by atoms with Crippen molar-refractivity contribution >= 4 is 29.9 Å². The molecule has 0 bridgehead atoms. The molecule has 0 aromatic heterocycles. The van der Waals surface area contributed by atoms with E-state index < -0.39 is 0 Å². The lowest BCUT2D eigenvalue weighted by molar-refractivity contribution is 0.252. The van der Waals surface area contributed by atoms with Crippen molar-refractivity contribution in [1.29, 1.82) is 0 Å². The third kappa shape index (κ3) is 5.19. The summed E-state index contributed by atoms with van der Waals surface area (Å²) < 4.78 is 0. The first kappa shape index (κ1) is 16.0. The second-order valence-electron chi connectivity index (χ2n) is 5.45. The molecule has 1 fully saturated rings. The maximum Gasteiger partial charge on any atom is 0.0426 e. The highest BCUT2D eigenvalue weighted by Gasteiger charge is 2.16. The molecule has 1 aromatic carbocycles. The van der Waals surface area contributed by atoms with Crippen LogP contribution in [0.5, 0.6) is 0 Å². The molecule has 0 unspecified atom stereocenters. The zero-order valence-corrected chi connectivity index (χ0v) is 13.8. The number of unbranched alkanes of at least 4 members (excludes halogenated alkanes) is 3. The van der Waals surface area contributed by atoms with Crippen molar-refractivity contribution < 1.29 is 0 Å². The van der Waals surface area contributed by atoms with Crippen molar-refractivity contribution in [3.05, 3.63) is 29.3 Å². The zero-order chi connectivity index (χ0) is 14.2. The molecule has 0 N–H and O–H groups in total. The molecule has 1 saturated heterocycles. The van der Waals surface area contributed by atoms with Crippen LogP contribution >= 0.6 is 24.2 Å². The van der Waals surface area contributed by atoms with Gasteiger partial charge in [0.15, 0.2) is 0 Å². The Labute approximate surface area is 133 Å². The molecule has 1 heterocycles. The Balaban J connectivity index is 1.67. The molecule has 2 nitrogen and oxygen atoms in total. The number of benzene rings is 1. The molecule has 20 heavy (non-hydrogen) atoms. The molecule has 2 rings (SSSR count). The van der Waals surface area contributed by atoms with E-state index in [4.69, 9.17) is 11.6 Å². The fraction of sp³-hybridized carbons (Fsp3) is 0.625. The van der Waals surface area contributed by atoms with Gasteiger partial charge >= 0.3 is 0 Å². The number of piperazine rings is 1. The van der Waals surface area contributed by atoms with Crippen LogP contribution < -0.4 is 4.90 Å². The van der Waals surface area contributed by atoms with Gasteiger partial charge < -0.3 is 4.90 Å². The minimum atomic E-state index is 0.828. The van der Waals surface area contributed by atoms with E-state index in [0.29, 0.717) is 0 Å². The molecule has 0 saturated carbocycles. The summed E-state index contributed by atoms with van der Waals surface area (Å²) in [5.41, 5.74) is 1.26. The summed E-state index contributed by atoms with van der Waals surface area (Å²) in [6.45, 7) is 5.79. The summed E-state index contributed by atoms with van der Waals surface area (Å²) in [6.07, 6.45) is 5.25. The smallest absolute Gasteiger partial charge is 0.0426 e. The van der Waals surface area contributed by atoms with Crippen LogP contribution in [0, 0.1) is 0 Å². The Morgan fingerprint density at radius 2 is 1.75 bits per heavy atom. The van der Waals surface area contributed by atoms with Crippen molar-refractivity contribution in [2.75, 3.05) is 43.4 Å². The largest absolute Gasteiger partial charge is 0.369 e. The average molecular weight is 313 g/mol. The summed E-state index contributed by atoms with van der Waals surface area (Å²) in [4.78, 5) is 5.02. The predicted octanol–water partition coefficient (Wildman–Crippen LogP) is 3.95. The molecule has 1 aliphatic heterocycles. The van der Waals surface area contributed by atoms with Crippen LogP contribution in [-0.4, -0.2) is 43.4 Å². The molecule has 0 atom stereocenters. The summed E-state index contributed by atoms with van der Waals surface area (Å²) >= 11 is 10.3. The van der Waals surface area contributed by atoms with Crippen molar-refractivity contribution in [3.8, 4) is 0 Å². The Kier molecular flexibility index (Phi) is 7.05. The van der Waals surface area contributed by atoms with Crippen molar-refractivity contribution in [1.82, 2.24) is 4.90 Å². The molecule has 0 spiro atoms. The number of thiol groups is 1. The van der Waals surface area contributed by atoms with Gasteiger partial charge in [0.1, 0.15) is 0 Å². The normalized spacial score (nSPS) is 16.6. The number of hydrogen-bond acceptors (Lipinski definition) is 3. The first-order valence-corrected chi connectivity index (χ1v) is 8.64. The van der Waals surface area contributed by atoms with Gasteiger partial charge in [0, 0.05) is 36.9 Å². The van der Waals surface area contributed by atoms with Gasteiger partial charge in [-0.15, -0.1) is 0 Å². The van der Waals surface area contributed by atoms with E-state index in [0.717, 1.165) is 23.9 Å². The van der Waals surface area contributed by atoms with Gasteiger partial charge in [0.25, 0.3) is 0 Å². The lowest BCUT2D eigenvalue weighted by Crippen LogP contribution is -2.46. The van der Waals surface area contributed by atoms with Crippen LogP contribution in [0.15, 0.2) is 24.3 Å². The Bertz CT molecular complexity index is 392. The Morgan fingerprint density at radius 3 is 2.45 bits per heavy atom. The summed E-state index contributed by atoms with van der Waals surface area (Å²) in [5, 5.41) is 0.828. The fourth-order valence-corrected chi connectivity index (χ4v) is 3.11. The predicted molar refractivity (Wildman–Crippen MR) is 92.4 cm³/mol. The molecule has 4 heteroatoms. The highest BCUT2D eigenvalue weighted by atomic mass is 35.5. The molecule has 0 radical (unpaired) electrons. The van der Waals surface area contributed by atoms with Crippen LogP contribution in [0.3, 0.4) is 0 Å². The number of hydrogen-bond donors (Lipinski definition) is 1. The second-order valence-corrected chi connectivity index (χ2v) is 6.33. The Morgan fingerprint density at radius 1 is 1.00 bits per heavy atom. The second kappa shape index (κ2) is 8.81. The minimum absolute atomic E-state index is 0.828. The van der Waals surface area contributed by atoms with E-state index in [1.807, 2.05) is 12.1 Å². The van der Waals surface area contributed by atoms with Gasteiger partial charge in [0.05, 0.1) is 0 Å². The SMILES string of the molecule is SCCCCCCN1CCN(c2cccc(Cl)c2)CC1. The summed E-state index contributed by atoms with van der Waals surface area (Å²) in [7, 11) is 0. The van der Waals surface area contributed by atoms with Crippen LogP contribution in [0.2, 0.25) is 5.02 Å². The first-order valence-electron chi connectivity index (χ1n) is 7.63. The van der Waals surface area contributed by atoms with Crippen LogP contribution in [-0.2, 0) is 0 Å². The third-order valence-corrected chi connectivity index (χ3v) is 4.48. The molecular weight excluding hydrogens is 288 g/mol. The standard InChI is InChI=1S/C16H25ClN2S/c17-15-6-5-7-16(14-15)19-11-9-18(10-12-19)8-3-1-2-4-13-20/h5-7,14,20H,1-4,8-13H2. The first-order chi connectivity index (χ1) is 9.79. The molecule has 1 aromatic rings. The molecule has 0 aliphatic carbocycles. The van der Waals surface area contributed by atoms with Crippen LogP contribution in [0.1, 0.15) is 25.7 Å². The zero-order valence-electron chi connectivity index (χ0n) is 12.1. The molecule has 0 amide bonds. The van der Waals surface area contributed by atoms with E-state index >= 15 is 0 Å². The van der Waals surface area contributed by atoms with E-state index in [-0.39, 0.29) is 0 Å². The monoisotopic (exact) mass is 312 g/mol. The van der Waals surface area contributed by atoms with Gasteiger partial charge in [0.2, 0.25) is 0 Å². The quantitative estimate of drug-likeness (QED) is 0.601. The number of anilines is 1. The lowest BCUT2D eigenvalue weighted by atomic mass is 10.2. The maximum atomic E-state index is 6.06. The van der Waals surface area contributed by atoms with Gasteiger partial charge in [-0.2, -0.15) is 12.6 Å². The van der Waals surface area contributed by atoms with Gasteiger partial charge in [-0.25, -0.2) is 0 Å². The van der Waals surface area contributed by atoms with E-state index in [2.05, 4.69) is 34.6 Å². The van der Waals surface area contributed by atoms with E-state index in [1.54, 1.807) is 0 Å². The number of halogens is 1. The van der Waals surface area contributed by atoms with E-state index in [1.165, 1.54) is 51.0 Å². The maximum absolute atomic E-state index is 6.06. The topological polar surface area (TPSA) is 6.48 Å². The summed E-state index contributed by atoms with van der Waals surface area (Å²) in [6, 6.07) is 8.19. The highest BCUT2D eigenvalue weighted by Crippen LogP contribution is 2.20. The van der Waals surface area contributed by atoms with Gasteiger partial charge in [-0.3, -0.25) is 4.90 Å². The van der Waals surface area contributed by atoms with E-state index in [9.17, 15) is 0 Å². The Hall–Kier alpha value is -0.380. The molecular formula is C16H25ClN2S.